The number of alkyl halides is 3. The van der Waals surface area contributed by atoms with Gasteiger partial charge in [-0.15, -0.1) is 5.10 Å². The highest BCUT2D eigenvalue weighted by molar-refractivity contribution is 7.05. The van der Waals surface area contributed by atoms with Gasteiger partial charge in [0.1, 0.15) is 0 Å². The summed E-state index contributed by atoms with van der Waals surface area (Å²) in [6.07, 6.45) is -4.43. The van der Waals surface area contributed by atoms with E-state index in [0.717, 1.165) is 17.6 Å². The molecule has 1 heterocycles. The smallest absolute Gasteiger partial charge is 0.319 e. The minimum absolute atomic E-state index is 0.0490. The number of aromatic nitrogens is 2. The molecule has 0 aliphatic carbocycles. The van der Waals surface area contributed by atoms with Crippen molar-refractivity contribution in [3.63, 3.8) is 0 Å². The molecule has 2 rings (SSSR count). The Morgan fingerprint density at radius 1 is 1.20 bits per heavy atom. The molecule has 108 valence electrons. The molecule has 0 saturated heterocycles. The van der Waals surface area contributed by atoms with Crippen molar-refractivity contribution in [3.8, 4) is 0 Å². The monoisotopic (exact) mass is 301 g/mol. The topological polar surface area (TPSA) is 51.8 Å². The first-order valence-corrected chi connectivity index (χ1v) is 6.83. The van der Waals surface area contributed by atoms with Crippen molar-refractivity contribution in [2.75, 3.05) is 0 Å². The molecule has 3 nitrogen and oxygen atoms in total. The highest BCUT2D eigenvalue weighted by atomic mass is 32.1. The van der Waals surface area contributed by atoms with Crippen LogP contribution in [0.25, 0.3) is 0 Å². The molecule has 0 fully saturated rings. The fourth-order valence-electron chi connectivity index (χ4n) is 1.99. The van der Waals surface area contributed by atoms with Gasteiger partial charge in [0.25, 0.3) is 0 Å². The second-order valence-electron chi connectivity index (χ2n) is 4.74. The molecule has 0 aliphatic heterocycles. The van der Waals surface area contributed by atoms with Crippen LogP contribution in [0.5, 0.6) is 0 Å². The molecule has 0 bridgehead atoms. The lowest BCUT2D eigenvalue weighted by Gasteiger charge is -2.18. The number of nitrogens with two attached hydrogens (primary N) is 1. The van der Waals surface area contributed by atoms with E-state index < -0.39 is 17.8 Å². The maximum absolute atomic E-state index is 13.0. The molecular formula is C13H14F3N3S. The normalized spacial score (nSPS) is 13.8. The predicted octanol–water partition coefficient (Wildman–Crippen LogP) is 3.73. The quantitative estimate of drug-likeness (QED) is 0.940. The lowest BCUT2D eigenvalue weighted by Crippen LogP contribution is -2.18. The first-order valence-electron chi connectivity index (χ1n) is 6.06. The van der Waals surface area contributed by atoms with Gasteiger partial charge in [-0.05, 0) is 29.1 Å². The summed E-state index contributed by atoms with van der Waals surface area (Å²) in [5, 5.41) is 3.96. The van der Waals surface area contributed by atoms with E-state index in [0.29, 0.717) is 10.6 Å². The molecule has 1 atom stereocenters. The third-order valence-electron chi connectivity index (χ3n) is 2.97. The molecule has 0 radical (unpaired) electrons. The van der Waals surface area contributed by atoms with Gasteiger partial charge in [0.05, 0.1) is 22.2 Å². The van der Waals surface area contributed by atoms with Crippen molar-refractivity contribution in [1.82, 2.24) is 9.59 Å². The predicted molar refractivity (Wildman–Crippen MR) is 71.5 cm³/mol. The van der Waals surface area contributed by atoms with Gasteiger partial charge in [0.2, 0.25) is 0 Å². The fourth-order valence-corrected chi connectivity index (χ4v) is 2.82. The number of benzene rings is 1. The maximum atomic E-state index is 13.0. The van der Waals surface area contributed by atoms with Gasteiger partial charge in [-0.25, -0.2) is 0 Å². The van der Waals surface area contributed by atoms with Crippen molar-refractivity contribution < 1.29 is 13.2 Å². The van der Waals surface area contributed by atoms with Crippen LogP contribution in [0.4, 0.5) is 13.2 Å². The molecule has 1 unspecified atom stereocenters. The fraction of sp³-hybridized carbons (Fsp3) is 0.385. The van der Waals surface area contributed by atoms with Gasteiger partial charge in [-0.3, -0.25) is 0 Å². The molecule has 2 aromatic rings. The van der Waals surface area contributed by atoms with Crippen LogP contribution < -0.4 is 5.73 Å². The second-order valence-corrected chi connectivity index (χ2v) is 5.53. The van der Waals surface area contributed by atoms with Crippen LogP contribution in [0.15, 0.2) is 24.3 Å². The first-order chi connectivity index (χ1) is 9.32. The molecule has 0 amide bonds. The van der Waals surface area contributed by atoms with Crippen LogP contribution in [0, 0.1) is 0 Å². The first kappa shape index (κ1) is 14.9. The number of hydrogen-bond acceptors (Lipinski definition) is 4. The van der Waals surface area contributed by atoms with Gasteiger partial charge in [-0.2, -0.15) is 13.2 Å². The van der Waals surface area contributed by atoms with Gasteiger partial charge in [0.15, 0.2) is 0 Å². The molecular weight excluding hydrogens is 287 g/mol. The van der Waals surface area contributed by atoms with Crippen molar-refractivity contribution in [1.29, 1.82) is 0 Å². The zero-order valence-corrected chi connectivity index (χ0v) is 11.8. The van der Waals surface area contributed by atoms with Crippen LogP contribution in [-0.2, 0) is 6.18 Å². The zero-order valence-electron chi connectivity index (χ0n) is 11.0. The Morgan fingerprint density at radius 2 is 1.85 bits per heavy atom. The summed E-state index contributed by atoms with van der Waals surface area (Å²) < 4.78 is 42.9. The van der Waals surface area contributed by atoms with Gasteiger partial charge in [0, 0.05) is 0 Å². The number of hydrogen-bond donors (Lipinski definition) is 1. The standard InChI is InChI=1S/C13H14F3N3S/c1-7(2)11-12(20-19-18-11)10(17)8-5-3-4-6-9(8)13(14,15)16/h3-7,10H,17H2,1-2H3. The molecule has 20 heavy (non-hydrogen) atoms. The molecule has 0 saturated carbocycles. The Bertz CT molecular complexity index is 593. The number of rotatable bonds is 3. The van der Waals surface area contributed by atoms with Crippen LogP contribution >= 0.6 is 11.5 Å². The summed E-state index contributed by atoms with van der Waals surface area (Å²) >= 11 is 1.05. The highest BCUT2D eigenvalue weighted by Gasteiger charge is 2.35. The van der Waals surface area contributed by atoms with Gasteiger partial charge < -0.3 is 5.73 Å². The third kappa shape index (κ3) is 2.83. The maximum Gasteiger partial charge on any atom is 0.416 e. The van der Waals surface area contributed by atoms with E-state index in [2.05, 4.69) is 9.59 Å². The summed E-state index contributed by atoms with van der Waals surface area (Å²) in [4.78, 5) is 0.580. The molecule has 1 aromatic heterocycles. The van der Waals surface area contributed by atoms with E-state index in [1.807, 2.05) is 13.8 Å². The lowest BCUT2D eigenvalue weighted by molar-refractivity contribution is -0.138. The van der Waals surface area contributed by atoms with Crippen LogP contribution in [0.2, 0.25) is 0 Å². The van der Waals surface area contributed by atoms with Crippen molar-refractivity contribution >= 4 is 11.5 Å². The van der Waals surface area contributed by atoms with E-state index in [4.69, 9.17) is 5.73 Å². The molecule has 7 heteroatoms. The third-order valence-corrected chi connectivity index (χ3v) is 3.79. The molecule has 1 aromatic carbocycles. The second kappa shape index (κ2) is 5.49. The lowest BCUT2D eigenvalue weighted by atomic mass is 9.96. The van der Waals surface area contributed by atoms with E-state index in [9.17, 15) is 13.2 Å². The van der Waals surface area contributed by atoms with E-state index >= 15 is 0 Å². The molecule has 2 N–H and O–H groups in total. The summed E-state index contributed by atoms with van der Waals surface area (Å²) in [7, 11) is 0. The van der Waals surface area contributed by atoms with Crippen LogP contribution in [0.3, 0.4) is 0 Å². The highest BCUT2D eigenvalue weighted by Crippen LogP contribution is 2.37. The van der Waals surface area contributed by atoms with E-state index in [1.54, 1.807) is 6.07 Å². The summed E-state index contributed by atoms with van der Waals surface area (Å²) in [6, 6.07) is 4.47. The van der Waals surface area contributed by atoms with E-state index in [-0.39, 0.29) is 11.5 Å². The van der Waals surface area contributed by atoms with Crippen LogP contribution in [-0.4, -0.2) is 9.59 Å². The Balaban J connectivity index is 2.49. The number of nitrogens with zero attached hydrogens (tertiary/aromatic N) is 2. The molecule has 0 spiro atoms. The Labute approximate surface area is 118 Å². The Kier molecular flexibility index (Phi) is 4.10. The summed E-state index contributed by atoms with van der Waals surface area (Å²) in [5.74, 6) is 0.0628. The van der Waals surface area contributed by atoms with Gasteiger partial charge >= 0.3 is 6.18 Å². The van der Waals surface area contributed by atoms with Crippen molar-refractivity contribution in [2.24, 2.45) is 5.73 Å². The zero-order chi connectivity index (χ0) is 14.9. The SMILES string of the molecule is CC(C)c1nnsc1C(N)c1ccccc1C(F)(F)F. The Morgan fingerprint density at radius 3 is 2.45 bits per heavy atom. The minimum atomic E-state index is -4.43. The minimum Gasteiger partial charge on any atom is -0.319 e. The van der Waals surface area contributed by atoms with Crippen LogP contribution in [0.1, 0.15) is 47.5 Å². The Hall–Kier alpha value is -1.47. The summed E-state index contributed by atoms with van der Waals surface area (Å²) in [6.45, 7) is 3.81. The average Bonchev–Trinajstić information content (AvgIpc) is 2.86. The van der Waals surface area contributed by atoms with Crippen molar-refractivity contribution in [3.05, 3.63) is 46.0 Å². The average molecular weight is 301 g/mol. The summed E-state index contributed by atoms with van der Waals surface area (Å²) in [5.41, 5.74) is 6.02. The molecule has 0 aliphatic rings. The van der Waals surface area contributed by atoms with E-state index in [1.165, 1.54) is 12.1 Å². The largest absolute Gasteiger partial charge is 0.416 e. The van der Waals surface area contributed by atoms with Gasteiger partial charge in [-0.1, -0.05) is 36.5 Å². The van der Waals surface area contributed by atoms with Crippen molar-refractivity contribution in [2.45, 2.75) is 32.0 Å². The number of halogens is 3.